The Morgan fingerprint density at radius 3 is 3.04 bits per heavy atom. The topological polar surface area (TPSA) is 40.1 Å². The van der Waals surface area contributed by atoms with Crippen LogP contribution < -0.4 is 4.90 Å². The van der Waals surface area contributed by atoms with Crippen molar-refractivity contribution in [3.8, 4) is 0 Å². The van der Waals surface area contributed by atoms with E-state index in [4.69, 9.17) is 17.2 Å². The first-order valence-electron chi connectivity index (χ1n) is 10.1. The first-order chi connectivity index (χ1) is 13.2. The molecule has 1 N–H and O–H groups in total. The Morgan fingerprint density at radius 2 is 2.19 bits per heavy atom. The number of hydrogen-bond acceptors (Lipinski definition) is 4. The Morgan fingerprint density at radius 1 is 1.30 bits per heavy atom. The molecule has 0 spiro atoms. The number of piperidine rings is 1. The minimum atomic E-state index is 0.548. The third-order valence-electron chi connectivity index (χ3n) is 5.45. The minimum Gasteiger partial charge on any atom is -0.316 e. The van der Waals surface area contributed by atoms with Gasteiger partial charge in [0.25, 0.3) is 0 Å². The van der Waals surface area contributed by atoms with Crippen molar-refractivity contribution >= 4 is 33.8 Å². The van der Waals surface area contributed by atoms with Crippen LogP contribution in [0.5, 0.6) is 0 Å². The third-order valence-corrected chi connectivity index (χ3v) is 7.09. The summed E-state index contributed by atoms with van der Waals surface area (Å²) in [6.07, 6.45) is 8.03. The van der Waals surface area contributed by atoms with E-state index in [0.29, 0.717) is 5.92 Å². The number of hydrogen-bond donors (Lipinski definition) is 1. The fraction of sp³-hybridized carbons (Fsp3) is 0.550. The predicted molar refractivity (Wildman–Crippen MR) is 113 cm³/mol. The van der Waals surface area contributed by atoms with Gasteiger partial charge in [0.05, 0.1) is 29.2 Å². The van der Waals surface area contributed by atoms with Gasteiger partial charge in [0.1, 0.15) is 11.3 Å². The molecule has 3 heterocycles. The summed E-state index contributed by atoms with van der Waals surface area (Å²) in [4.78, 5) is 6.46. The summed E-state index contributed by atoms with van der Waals surface area (Å²) in [6, 6.07) is 8.46. The van der Waals surface area contributed by atoms with Crippen LogP contribution in [-0.4, -0.2) is 32.4 Å². The fourth-order valence-electron chi connectivity index (χ4n) is 3.95. The van der Waals surface area contributed by atoms with Gasteiger partial charge in [0.2, 0.25) is 4.77 Å². The lowest BCUT2D eigenvalue weighted by molar-refractivity contribution is -0.929. The smallest absolute Gasteiger partial charge is 0.202 e. The number of quaternary nitrogens is 1. The van der Waals surface area contributed by atoms with Crippen LogP contribution in [-0.2, 0) is 13.2 Å². The number of thiazole rings is 1. The zero-order valence-electron chi connectivity index (χ0n) is 15.9. The SMILES string of the molecule is CCCCCn1cnn(C[NH+]2CCC[C@H](c3nc4ccccc4s3)C2)c1=S. The van der Waals surface area contributed by atoms with E-state index in [-0.39, 0.29) is 0 Å². The number of rotatable bonds is 7. The van der Waals surface area contributed by atoms with Crippen molar-refractivity contribution in [3.63, 3.8) is 0 Å². The normalized spacial score (nSPS) is 20.3. The van der Waals surface area contributed by atoms with Gasteiger partial charge in [-0.15, -0.1) is 11.3 Å². The number of para-hydroxylation sites is 1. The first-order valence-corrected chi connectivity index (χ1v) is 11.3. The van der Waals surface area contributed by atoms with Crippen molar-refractivity contribution in [1.29, 1.82) is 0 Å². The van der Waals surface area contributed by atoms with Crippen LogP contribution in [0.25, 0.3) is 10.2 Å². The standard InChI is InChI=1S/C20H27N5S2/c1-2-3-6-12-24-14-21-25(20(24)26)15-23-11-7-8-16(13-23)19-22-17-9-4-5-10-18(17)27-19/h4-5,9-10,14,16H,2-3,6-8,11-13,15H2,1H3/p+1/t16-/m0/s1. The number of unbranched alkanes of at least 4 members (excludes halogenated alkanes) is 2. The summed E-state index contributed by atoms with van der Waals surface area (Å²) in [5, 5.41) is 5.86. The summed E-state index contributed by atoms with van der Waals surface area (Å²) in [5.41, 5.74) is 1.14. The molecule has 7 heteroatoms. The lowest BCUT2D eigenvalue weighted by Crippen LogP contribution is -3.12. The van der Waals surface area contributed by atoms with Gasteiger partial charge in [-0.1, -0.05) is 31.9 Å². The summed E-state index contributed by atoms with van der Waals surface area (Å²) in [7, 11) is 0. The molecule has 2 atom stereocenters. The van der Waals surface area contributed by atoms with Gasteiger partial charge in [-0.2, -0.15) is 9.78 Å². The maximum atomic E-state index is 5.65. The van der Waals surface area contributed by atoms with Crippen LogP contribution >= 0.6 is 23.6 Å². The highest BCUT2D eigenvalue weighted by molar-refractivity contribution is 7.71. The van der Waals surface area contributed by atoms with E-state index < -0.39 is 0 Å². The molecule has 0 saturated carbocycles. The van der Waals surface area contributed by atoms with Crippen molar-refractivity contribution in [1.82, 2.24) is 19.3 Å². The van der Waals surface area contributed by atoms with Gasteiger partial charge < -0.3 is 9.47 Å². The van der Waals surface area contributed by atoms with Crippen LogP contribution in [0.1, 0.15) is 50.0 Å². The average Bonchev–Trinajstić information content (AvgIpc) is 3.27. The molecule has 3 aromatic rings. The second-order valence-corrected chi connectivity index (χ2v) is 8.96. The molecular formula is C20H28N5S2+. The zero-order chi connectivity index (χ0) is 18.6. The third kappa shape index (κ3) is 4.31. The lowest BCUT2D eigenvalue weighted by atomic mass is 9.99. The average molecular weight is 403 g/mol. The molecule has 1 unspecified atom stereocenters. The molecule has 5 nitrogen and oxygen atoms in total. The molecule has 1 aromatic carbocycles. The van der Waals surface area contributed by atoms with Gasteiger partial charge in [-0.25, -0.2) is 4.98 Å². The van der Waals surface area contributed by atoms with Crippen LogP contribution in [0.3, 0.4) is 0 Å². The maximum absolute atomic E-state index is 5.65. The van der Waals surface area contributed by atoms with Crippen LogP contribution in [0.15, 0.2) is 30.6 Å². The first kappa shape index (κ1) is 18.8. The molecule has 1 aliphatic rings. The number of benzene rings is 1. The van der Waals surface area contributed by atoms with E-state index in [1.54, 1.807) is 4.90 Å². The Labute approximate surface area is 169 Å². The highest BCUT2D eigenvalue weighted by Crippen LogP contribution is 2.30. The number of nitrogens with zero attached hydrogens (tertiary/aromatic N) is 4. The summed E-state index contributed by atoms with van der Waals surface area (Å²) in [6.45, 7) is 6.37. The molecule has 0 bridgehead atoms. The van der Waals surface area contributed by atoms with Crippen LogP contribution in [0.2, 0.25) is 0 Å². The van der Waals surface area contributed by atoms with Gasteiger partial charge in [0, 0.05) is 6.54 Å². The van der Waals surface area contributed by atoms with E-state index in [0.717, 1.165) is 30.0 Å². The number of nitrogens with one attached hydrogen (secondary N) is 1. The van der Waals surface area contributed by atoms with Gasteiger partial charge in [-0.3, -0.25) is 0 Å². The molecule has 144 valence electrons. The number of likely N-dealkylation sites (tertiary alicyclic amines) is 1. The van der Waals surface area contributed by atoms with Crippen molar-refractivity contribution in [2.75, 3.05) is 13.1 Å². The van der Waals surface area contributed by atoms with Crippen molar-refractivity contribution in [2.45, 2.75) is 58.2 Å². The summed E-state index contributed by atoms with van der Waals surface area (Å²) >= 11 is 7.51. The highest BCUT2D eigenvalue weighted by atomic mass is 32.1. The molecule has 4 rings (SSSR count). The second-order valence-electron chi connectivity index (χ2n) is 7.53. The second kappa shape index (κ2) is 8.63. The predicted octanol–water partition coefficient (Wildman–Crippen LogP) is 3.63. The van der Waals surface area contributed by atoms with Gasteiger partial charge in [0.15, 0.2) is 6.67 Å². The number of fused-ring (bicyclic) bond motifs is 1. The van der Waals surface area contributed by atoms with E-state index in [1.807, 2.05) is 22.3 Å². The quantitative estimate of drug-likeness (QED) is 0.485. The fourth-order valence-corrected chi connectivity index (χ4v) is 5.30. The maximum Gasteiger partial charge on any atom is 0.202 e. The Bertz CT molecular complexity index is 908. The highest BCUT2D eigenvalue weighted by Gasteiger charge is 2.27. The zero-order valence-corrected chi connectivity index (χ0v) is 17.6. The van der Waals surface area contributed by atoms with E-state index in [1.165, 1.54) is 48.4 Å². The molecule has 27 heavy (non-hydrogen) atoms. The van der Waals surface area contributed by atoms with E-state index >= 15 is 0 Å². The Hall–Kier alpha value is -1.57. The molecule has 1 fully saturated rings. The molecule has 0 aliphatic carbocycles. The minimum absolute atomic E-state index is 0.548. The largest absolute Gasteiger partial charge is 0.316 e. The van der Waals surface area contributed by atoms with Crippen LogP contribution in [0.4, 0.5) is 0 Å². The molecule has 0 radical (unpaired) electrons. The van der Waals surface area contributed by atoms with E-state index in [9.17, 15) is 0 Å². The Balaban J connectivity index is 1.42. The van der Waals surface area contributed by atoms with E-state index in [2.05, 4.69) is 40.9 Å². The molecule has 1 aliphatic heterocycles. The molecule has 0 amide bonds. The van der Waals surface area contributed by atoms with Crippen molar-refractivity contribution in [3.05, 3.63) is 40.4 Å². The Kier molecular flexibility index (Phi) is 6.00. The molecule has 1 saturated heterocycles. The van der Waals surface area contributed by atoms with Crippen molar-refractivity contribution < 1.29 is 4.90 Å². The summed E-state index contributed by atoms with van der Waals surface area (Å²) < 4.78 is 6.30. The summed E-state index contributed by atoms with van der Waals surface area (Å²) in [5.74, 6) is 0.548. The number of aromatic nitrogens is 4. The lowest BCUT2D eigenvalue weighted by Gasteiger charge is -2.28. The van der Waals surface area contributed by atoms with Crippen LogP contribution in [0, 0.1) is 4.77 Å². The number of aryl methyl sites for hydroxylation is 1. The van der Waals surface area contributed by atoms with Gasteiger partial charge >= 0.3 is 0 Å². The molecular weight excluding hydrogens is 374 g/mol. The van der Waals surface area contributed by atoms with Crippen molar-refractivity contribution in [2.24, 2.45) is 0 Å². The monoisotopic (exact) mass is 402 g/mol. The van der Waals surface area contributed by atoms with Gasteiger partial charge in [-0.05, 0) is 43.6 Å². The molecule has 2 aromatic heterocycles.